The van der Waals surface area contributed by atoms with Crippen molar-refractivity contribution in [1.29, 1.82) is 0 Å². The number of carbonyl (C=O) groups is 1. The van der Waals surface area contributed by atoms with Crippen molar-refractivity contribution in [2.75, 3.05) is 13.6 Å². The van der Waals surface area contributed by atoms with E-state index in [2.05, 4.69) is 30.3 Å². The topological polar surface area (TPSA) is 193 Å². The third-order valence-electron chi connectivity index (χ3n) is 9.13. The summed E-state index contributed by atoms with van der Waals surface area (Å²) in [5.41, 5.74) is 0.732. The van der Waals surface area contributed by atoms with Gasteiger partial charge in [0, 0.05) is 17.5 Å². The van der Waals surface area contributed by atoms with Gasteiger partial charge in [-0.2, -0.15) is 18.4 Å². The highest BCUT2D eigenvalue weighted by Gasteiger charge is 2.69. The Morgan fingerprint density at radius 2 is 2.05 bits per heavy atom. The van der Waals surface area contributed by atoms with Crippen LogP contribution in [0.3, 0.4) is 0 Å². The quantitative estimate of drug-likeness (QED) is 0.170. The maximum atomic E-state index is 13.2. The lowest BCUT2D eigenvalue weighted by molar-refractivity contribution is -0.371. The van der Waals surface area contributed by atoms with Crippen LogP contribution in [-0.2, 0) is 30.8 Å². The molecule has 3 aliphatic heterocycles. The first-order chi connectivity index (χ1) is 19.8. The number of aromatic hydroxyl groups is 1. The molecule has 1 aromatic carbocycles. The number of tetrazole rings is 1. The second kappa shape index (κ2) is 9.08. The van der Waals surface area contributed by atoms with Crippen LogP contribution in [0.2, 0.25) is 0 Å². The van der Waals surface area contributed by atoms with Crippen molar-refractivity contribution in [3.05, 3.63) is 41.2 Å². The highest BCUT2D eigenvalue weighted by molar-refractivity contribution is 5.75. The number of H-pyrrole nitrogens is 1. The summed E-state index contributed by atoms with van der Waals surface area (Å²) < 4.78 is 61.9. The minimum atomic E-state index is -5.46. The van der Waals surface area contributed by atoms with E-state index in [0.29, 0.717) is 19.4 Å². The number of nitrogens with one attached hydrogen (secondary N) is 1. The van der Waals surface area contributed by atoms with Gasteiger partial charge >= 0.3 is 12.1 Å². The molecule has 226 valence electrons. The number of alkyl halides is 3. The number of nitrogens with zero attached hydrogens (tertiary/aromatic N) is 4. The standard InChI is InChI=1S/C25H26F3N5O9/c1-33-7-6-23-10-4-5-24(38,21(23)40-16-12(34)3-2-9(13(16)23)8-11(10)33)42-20-18(41-22(37)25(26,27)28)15(36)14(35)17(39-20)19-29-31-32-30-19/h2-5,10-11,14-15,17-18,20-21,34-36,38H,6-8H2,1H3,(H,29,30,31,32)/t10-,11+,14-,15-,17?,18+,20-,21+,23-,24-/m0/s1. The number of aliphatic hydroxyl groups is 3. The number of esters is 1. The Morgan fingerprint density at radius 1 is 1.26 bits per heavy atom. The molecule has 2 aliphatic carbocycles. The number of carbonyl (C=O) groups excluding carboxylic acids is 1. The van der Waals surface area contributed by atoms with Gasteiger partial charge in [-0.3, -0.25) is 0 Å². The second-order valence-corrected chi connectivity index (χ2v) is 11.3. The number of phenolic OH excluding ortho intramolecular Hbond substituents is 1. The van der Waals surface area contributed by atoms with Crippen LogP contribution in [0.15, 0.2) is 24.3 Å². The van der Waals surface area contributed by atoms with Gasteiger partial charge in [0.25, 0.3) is 0 Å². The summed E-state index contributed by atoms with van der Waals surface area (Å²) in [6.07, 6.45) is -12.7. The smallest absolute Gasteiger partial charge is 0.490 e. The zero-order valence-corrected chi connectivity index (χ0v) is 21.8. The summed E-state index contributed by atoms with van der Waals surface area (Å²) in [6.45, 7) is 0.607. The van der Waals surface area contributed by atoms with Gasteiger partial charge in [-0.25, -0.2) is 4.79 Å². The molecule has 0 saturated carbocycles. The number of benzene rings is 1. The predicted molar refractivity (Wildman–Crippen MR) is 127 cm³/mol. The van der Waals surface area contributed by atoms with Crippen LogP contribution >= 0.6 is 0 Å². The van der Waals surface area contributed by atoms with E-state index in [1.807, 2.05) is 7.05 Å². The number of hydrogen-bond acceptors (Lipinski definition) is 13. The SMILES string of the molecule is CN1CC[C@]23c4c5ccc(O)c4O[C@H]2[C@@](O)(O[C@@H]2OC(c4nn[nH]n4)[C@@H](O)[C@H](O)[C@H]2OC(=O)C(F)(F)F)C=C[C@H]3[C@H]1C5. The molecule has 2 saturated heterocycles. The number of likely N-dealkylation sites (N-methyl/N-ethyl adjacent to an activating group) is 1. The predicted octanol–water partition coefficient (Wildman–Crippen LogP) is -0.651. The van der Waals surface area contributed by atoms with E-state index in [4.69, 9.17) is 14.2 Å². The van der Waals surface area contributed by atoms with E-state index in [9.17, 15) is 38.4 Å². The molecule has 0 radical (unpaired) electrons. The molecule has 5 aliphatic rings. The molecule has 1 spiro atoms. The number of aromatic amines is 1. The number of phenols is 1. The number of rotatable bonds is 4. The molecule has 2 bridgehead atoms. The van der Waals surface area contributed by atoms with Crippen molar-refractivity contribution in [2.24, 2.45) is 5.92 Å². The van der Waals surface area contributed by atoms with Gasteiger partial charge in [0.05, 0.1) is 5.41 Å². The monoisotopic (exact) mass is 597 g/mol. The summed E-state index contributed by atoms with van der Waals surface area (Å²) in [6, 6.07) is 3.31. The number of likely N-dealkylation sites (tertiary alicyclic amines) is 1. The average Bonchev–Trinajstić information content (AvgIpc) is 3.59. The minimum absolute atomic E-state index is 0.0136. The highest BCUT2D eigenvalue weighted by Crippen LogP contribution is 2.64. The van der Waals surface area contributed by atoms with Gasteiger partial charge in [0.15, 0.2) is 29.8 Å². The highest BCUT2D eigenvalue weighted by atomic mass is 19.4. The molecule has 14 nitrogen and oxygen atoms in total. The van der Waals surface area contributed by atoms with Crippen molar-refractivity contribution in [1.82, 2.24) is 25.5 Å². The van der Waals surface area contributed by atoms with Gasteiger partial charge in [0.1, 0.15) is 12.2 Å². The number of halogens is 3. The van der Waals surface area contributed by atoms with Crippen molar-refractivity contribution in [2.45, 2.75) is 73.1 Å². The fourth-order valence-corrected chi connectivity index (χ4v) is 7.30. The Labute approximate surface area is 234 Å². The molecule has 2 aromatic rings. The van der Waals surface area contributed by atoms with Crippen LogP contribution in [0.1, 0.15) is 29.5 Å². The molecule has 5 N–H and O–H groups in total. The average molecular weight is 598 g/mol. The summed E-state index contributed by atoms with van der Waals surface area (Å²) in [5, 5.41) is 57.1. The number of ether oxygens (including phenoxy) is 4. The Balaban J connectivity index is 1.29. The van der Waals surface area contributed by atoms with Gasteiger partial charge < -0.3 is 44.3 Å². The molecule has 17 heteroatoms. The Kier molecular flexibility index (Phi) is 5.94. The number of piperidine rings is 1. The molecule has 0 amide bonds. The number of hydrogen-bond donors (Lipinski definition) is 5. The Bertz CT molecular complexity index is 1440. The maximum absolute atomic E-state index is 13.2. The lowest BCUT2D eigenvalue weighted by atomic mass is 9.52. The molecule has 4 heterocycles. The zero-order valence-electron chi connectivity index (χ0n) is 21.8. The molecular formula is C25H26F3N5O9. The first-order valence-electron chi connectivity index (χ1n) is 13.2. The molecule has 2 fully saturated rings. The van der Waals surface area contributed by atoms with Crippen molar-refractivity contribution in [3.63, 3.8) is 0 Å². The van der Waals surface area contributed by atoms with Crippen LogP contribution in [0, 0.1) is 5.92 Å². The normalized spacial score (nSPS) is 40.4. The lowest BCUT2D eigenvalue weighted by Crippen LogP contribution is -2.70. The number of aromatic nitrogens is 4. The van der Waals surface area contributed by atoms with Gasteiger partial charge in [-0.15, -0.1) is 10.2 Å². The summed E-state index contributed by atoms with van der Waals surface area (Å²) >= 11 is 0. The van der Waals surface area contributed by atoms with E-state index in [1.165, 1.54) is 12.1 Å². The maximum Gasteiger partial charge on any atom is 0.490 e. The minimum Gasteiger partial charge on any atom is -0.504 e. The Morgan fingerprint density at radius 3 is 2.76 bits per heavy atom. The van der Waals surface area contributed by atoms with Gasteiger partial charge in [0.2, 0.25) is 17.9 Å². The Hall–Kier alpha value is -3.35. The fraction of sp³-hybridized carbons (Fsp3) is 0.600. The van der Waals surface area contributed by atoms with Crippen LogP contribution in [-0.4, -0.2) is 114 Å². The van der Waals surface area contributed by atoms with Gasteiger partial charge in [-0.1, -0.05) is 17.4 Å². The van der Waals surface area contributed by atoms with Crippen LogP contribution in [0.25, 0.3) is 0 Å². The van der Waals surface area contributed by atoms with E-state index in [-0.39, 0.29) is 29.3 Å². The van der Waals surface area contributed by atoms with Crippen LogP contribution in [0.4, 0.5) is 13.2 Å². The molecule has 1 aromatic heterocycles. The first-order valence-corrected chi connectivity index (χ1v) is 13.2. The third-order valence-corrected chi connectivity index (χ3v) is 9.13. The molecule has 10 atom stereocenters. The van der Waals surface area contributed by atoms with Gasteiger partial charge in [-0.05, 0) is 44.1 Å². The number of aliphatic hydroxyl groups excluding tert-OH is 2. The first kappa shape index (κ1) is 27.5. The summed E-state index contributed by atoms with van der Waals surface area (Å²) in [5.74, 6) is -5.58. The third kappa shape index (κ3) is 3.74. The molecular weight excluding hydrogens is 571 g/mol. The molecule has 7 rings (SSSR count). The van der Waals surface area contributed by atoms with E-state index in [0.717, 1.165) is 11.1 Å². The summed E-state index contributed by atoms with van der Waals surface area (Å²) in [7, 11) is 1.99. The van der Waals surface area contributed by atoms with Crippen molar-refractivity contribution in [3.8, 4) is 11.5 Å². The molecule has 42 heavy (non-hydrogen) atoms. The van der Waals surface area contributed by atoms with E-state index in [1.54, 1.807) is 12.1 Å². The second-order valence-electron chi connectivity index (χ2n) is 11.3. The van der Waals surface area contributed by atoms with Crippen LogP contribution < -0.4 is 4.74 Å². The zero-order chi connectivity index (χ0) is 29.8. The van der Waals surface area contributed by atoms with Crippen molar-refractivity contribution < 1.29 is 57.3 Å². The largest absolute Gasteiger partial charge is 0.504 e. The van der Waals surface area contributed by atoms with Crippen molar-refractivity contribution >= 4 is 5.97 Å². The fourth-order valence-electron chi connectivity index (χ4n) is 7.30. The lowest BCUT2D eigenvalue weighted by Gasteiger charge is -2.58. The summed E-state index contributed by atoms with van der Waals surface area (Å²) in [4.78, 5) is 14.0. The molecule has 1 unspecified atom stereocenters. The van der Waals surface area contributed by atoms with Crippen LogP contribution in [0.5, 0.6) is 11.5 Å². The van der Waals surface area contributed by atoms with E-state index < -0.39 is 60.2 Å². The van der Waals surface area contributed by atoms with E-state index >= 15 is 0 Å².